The number of pyridine rings is 1. The number of ether oxygens (including phenoxy) is 1. The first kappa shape index (κ1) is 13.4. The van der Waals surface area contributed by atoms with Crippen molar-refractivity contribution in [1.82, 2.24) is 10.3 Å². The number of nitrogens with zero attached hydrogens (tertiary/aromatic N) is 1. The molecule has 0 fully saturated rings. The number of benzene rings is 1. The topological polar surface area (TPSA) is 54.4 Å². The smallest absolute Gasteiger partial charge is 0.160 e. The zero-order valence-electron chi connectivity index (χ0n) is 11.1. The molecule has 0 spiro atoms. The standard InChI is InChI=1S/C15H18N2O2/c1-11(13-5-3-4-8-16-13)17-10-12-6-7-14(18)15(9-12)19-2/h3-9,11,17-18H,10H2,1-2H3. The maximum Gasteiger partial charge on any atom is 0.160 e. The SMILES string of the molecule is COc1cc(CNC(C)c2ccccn2)ccc1O. The highest BCUT2D eigenvalue weighted by Crippen LogP contribution is 2.26. The summed E-state index contributed by atoms with van der Waals surface area (Å²) in [6, 6.07) is 11.4. The van der Waals surface area contributed by atoms with Crippen molar-refractivity contribution in [2.75, 3.05) is 7.11 Å². The first-order valence-electron chi connectivity index (χ1n) is 6.21. The van der Waals surface area contributed by atoms with Crippen molar-refractivity contribution in [2.24, 2.45) is 0 Å². The normalized spacial score (nSPS) is 12.1. The predicted octanol–water partition coefficient (Wildman–Crippen LogP) is 2.65. The number of phenolic OH excluding ortho intramolecular Hbond substituents is 1. The summed E-state index contributed by atoms with van der Waals surface area (Å²) in [5.41, 5.74) is 2.06. The molecule has 2 N–H and O–H groups in total. The molecule has 1 aromatic carbocycles. The second-order valence-corrected chi connectivity index (χ2v) is 4.36. The quantitative estimate of drug-likeness (QED) is 0.865. The first-order chi connectivity index (χ1) is 9.20. The number of hydrogen-bond acceptors (Lipinski definition) is 4. The van der Waals surface area contributed by atoms with Gasteiger partial charge in [0.1, 0.15) is 0 Å². The highest BCUT2D eigenvalue weighted by molar-refractivity contribution is 5.41. The zero-order valence-corrected chi connectivity index (χ0v) is 11.1. The zero-order chi connectivity index (χ0) is 13.7. The highest BCUT2D eigenvalue weighted by Gasteiger charge is 2.07. The number of nitrogens with one attached hydrogen (secondary N) is 1. The van der Waals surface area contributed by atoms with Crippen LogP contribution in [-0.4, -0.2) is 17.2 Å². The van der Waals surface area contributed by atoms with Gasteiger partial charge in [-0.25, -0.2) is 0 Å². The average molecular weight is 258 g/mol. The molecule has 0 amide bonds. The van der Waals surface area contributed by atoms with Crippen LogP contribution in [0.15, 0.2) is 42.6 Å². The fourth-order valence-electron chi connectivity index (χ4n) is 1.84. The molecule has 2 aromatic rings. The van der Waals surface area contributed by atoms with E-state index >= 15 is 0 Å². The Morgan fingerprint density at radius 3 is 2.84 bits per heavy atom. The number of methoxy groups -OCH3 is 1. The summed E-state index contributed by atoms with van der Waals surface area (Å²) in [6.07, 6.45) is 1.79. The molecule has 0 aliphatic rings. The predicted molar refractivity (Wildman–Crippen MR) is 74.2 cm³/mol. The second kappa shape index (κ2) is 6.20. The Labute approximate surface area is 113 Å². The molecule has 2 rings (SSSR count). The lowest BCUT2D eigenvalue weighted by Gasteiger charge is -2.14. The molecule has 1 heterocycles. The number of rotatable bonds is 5. The van der Waals surface area contributed by atoms with Crippen molar-refractivity contribution in [1.29, 1.82) is 0 Å². The molecule has 100 valence electrons. The van der Waals surface area contributed by atoms with Gasteiger partial charge in [0.15, 0.2) is 11.5 Å². The molecule has 1 unspecified atom stereocenters. The molecule has 0 aliphatic heterocycles. The summed E-state index contributed by atoms with van der Waals surface area (Å²) in [6.45, 7) is 2.76. The van der Waals surface area contributed by atoms with Gasteiger partial charge in [-0.3, -0.25) is 4.98 Å². The molecule has 0 saturated carbocycles. The average Bonchev–Trinajstić information content (AvgIpc) is 2.47. The Morgan fingerprint density at radius 2 is 2.16 bits per heavy atom. The van der Waals surface area contributed by atoms with Crippen LogP contribution in [-0.2, 0) is 6.54 Å². The minimum Gasteiger partial charge on any atom is -0.504 e. The third-order valence-corrected chi connectivity index (χ3v) is 2.99. The fourth-order valence-corrected chi connectivity index (χ4v) is 1.84. The lowest BCUT2D eigenvalue weighted by Crippen LogP contribution is -2.18. The van der Waals surface area contributed by atoms with Crippen LogP contribution < -0.4 is 10.1 Å². The summed E-state index contributed by atoms with van der Waals surface area (Å²) in [5.74, 6) is 0.647. The Morgan fingerprint density at radius 1 is 1.32 bits per heavy atom. The molecular formula is C15H18N2O2. The Balaban J connectivity index is 1.99. The van der Waals surface area contributed by atoms with Gasteiger partial charge >= 0.3 is 0 Å². The van der Waals surface area contributed by atoms with E-state index in [4.69, 9.17) is 4.74 Å². The van der Waals surface area contributed by atoms with Gasteiger partial charge in [-0.2, -0.15) is 0 Å². The van der Waals surface area contributed by atoms with Crippen molar-refractivity contribution < 1.29 is 9.84 Å². The van der Waals surface area contributed by atoms with Crippen molar-refractivity contribution in [2.45, 2.75) is 19.5 Å². The molecule has 0 radical (unpaired) electrons. The van der Waals surface area contributed by atoms with E-state index in [0.29, 0.717) is 12.3 Å². The molecule has 1 atom stereocenters. The van der Waals surface area contributed by atoms with Crippen molar-refractivity contribution in [3.63, 3.8) is 0 Å². The third-order valence-electron chi connectivity index (χ3n) is 2.99. The Kier molecular flexibility index (Phi) is 4.36. The van der Waals surface area contributed by atoms with Crippen LogP contribution in [0.4, 0.5) is 0 Å². The van der Waals surface area contributed by atoms with E-state index in [1.54, 1.807) is 19.4 Å². The van der Waals surface area contributed by atoms with Gasteiger partial charge in [-0.1, -0.05) is 12.1 Å². The van der Waals surface area contributed by atoms with Gasteiger partial charge in [0.05, 0.1) is 12.8 Å². The van der Waals surface area contributed by atoms with Gasteiger partial charge in [0, 0.05) is 18.8 Å². The lowest BCUT2D eigenvalue weighted by molar-refractivity contribution is 0.372. The van der Waals surface area contributed by atoms with Crippen molar-refractivity contribution in [3.8, 4) is 11.5 Å². The maximum atomic E-state index is 9.53. The summed E-state index contributed by atoms with van der Waals surface area (Å²) < 4.78 is 5.09. The molecule has 0 aliphatic carbocycles. The minimum atomic E-state index is 0.157. The molecule has 1 aromatic heterocycles. The van der Waals surface area contributed by atoms with Crippen LogP contribution in [0.2, 0.25) is 0 Å². The van der Waals surface area contributed by atoms with Gasteiger partial charge in [0.25, 0.3) is 0 Å². The number of aromatic nitrogens is 1. The first-order valence-corrected chi connectivity index (χ1v) is 6.21. The van der Waals surface area contributed by atoms with E-state index in [9.17, 15) is 5.11 Å². The van der Waals surface area contributed by atoms with Crippen LogP contribution in [0.25, 0.3) is 0 Å². The molecule has 19 heavy (non-hydrogen) atoms. The van der Waals surface area contributed by atoms with E-state index in [1.807, 2.05) is 30.3 Å². The largest absolute Gasteiger partial charge is 0.504 e. The molecule has 0 saturated heterocycles. The number of phenols is 1. The van der Waals surface area contributed by atoms with Gasteiger partial charge in [0.2, 0.25) is 0 Å². The van der Waals surface area contributed by atoms with Crippen LogP contribution >= 0.6 is 0 Å². The monoisotopic (exact) mass is 258 g/mol. The van der Waals surface area contributed by atoms with Crippen LogP contribution in [0.3, 0.4) is 0 Å². The third kappa shape index (κ3) is 3.45. The van der Waals surface area contributed by atoms with Gasteiger partial charge in [-0.05, 0) is 36.8 Å². The van der Waals surface area contributed by atoms with Crippen molar-refractivity contribution in [3.05, 3.63) is 53.9 Å². The van der Waals surface area contributed by atoms with E-state index in [0.717, 1.165) is 11.3 Å². The van der Waals surface area contributed by atoms with Crippen LogP contribution in [0.5, 0.6) is 11.5 Å². The molecule has 0 bridgehead atoms. The Bertz CT molecular complexity index is 529. The molecule has 4 heteroatoms. The Hall–Kier alpha value is -2.07. The van der Waals surface area contributed by atoms with Gasteiger partial charge < -0.3 is 15.2 Å². The summed E-state index contributed by atoms with van der Waals surface area (Å²) in [4.78, 5) is 4.31. The highest BCUT2D eigenvalue weighted by atomic mass is 16.5. The van der Waals surface area contributed by atoms with E-state index in [-0.39, 0.29) is 11.8 Å². The lowest BCUT2D eigenvalue weighted by atomic mass is 10.1. The van der Waals surface area contributed by atoms with E-state index < -0.39 is 0 Å². The van der Waals surface area contributed by atoms with Gasteiger partial charge in [-0.15, -0.1) is 0 Å². The molecular weight excluding hydrogens is 240 g/mol. The number of hydrogen-bond donors (Lipinski definition) is 2. The minimum absolute atomic E-state index is 0.157. The van der Waals surface area contributed by atoms with E-state index in [2.05, 4.69) is 17.2 Å². The van der Waals surface area contributed by atoms with Crippen LogP contribution in [0, 0.1) is 0 Å². The number of aromatic hydroxyl groups is 1. The maximum absolute atomic E-state index is 9.53. The van der Waals surface area contributed by atoms with Crippen molar-refractivity contribution >= 4 is 0 Å². The fraction of sp³-hybridized carbons (Fsp3) is 0.267. The summed E-state index contributed by atoms with van der Waals surface area (Å²) in [7, 11) is 1.54. The second-order valence-electron chi connectivity index (χ2n) is 4.36. The summed E-state index contributed by atoms with van der Waals surface area (Å²) >= 11 is 0. The van der Waals surface area contributed by atoms with E-state index in [1.165, 1.54) is 0 Å². The molecule has 4 nitrogen and oxygen atoms in total. The van der Waals surface area contributed by atoms with Crippen LogP contribution in [0.1, 0.15) is 24.2 Å². The summed E-state index contributed by atoms with van der Waals surface area (Å²) in [5, 5.41) is 12.9.